The van der Waals surface area contributed by atoms with E-state index in [-0.39, 0.29) is 5.78 Å². The number of ether oxygens (including phenoxy) is 1. The minimum atomic E-state index is -1.00. The molecule has 138 valence electrons. The van der Waals surface area contributed by atoms with Crippen LogP contribution in [0.4, 0.5) is 4.79 Å². The van der Waals surface area contributed by atoms with Crippen molar-refractivity contribution < 1.29 is 23.9 Å². The molecular formula is C19H22N2O5. The van der Waals surface area contributed by atoms with Crippen LogP contribution in [0.2, 0.25) is 0 Å². The van der Waals surface area contributed by atoms with Gasteiger partial charge in [0.15, 0.2) is 12.4 Å². The molecule has 1 aromatic carbocycles. The standard InChI is InChI=1S/C19H22N2O5/c1-3-19(2)17(24)21(18(25)20-19)10-16(23)26-11-15(22)14-8-7-12-5-4-6-13(12)9-14/h7-9H,3-6,10-11H2,1-2H3,(H,20,25). The number of esters is 1. The SMILES string of the molecule is CCC1(C)NC(=O)N(CC(=O)OCC(=O)c2ccc3c(c2)CCC3)C1=O. The van der Waals surface area contributed by atoms with Gasteiger partial charge in [-0.3, -0.25) is 19.3 Å². The van der Waals surface area contributed by atoms with E-state index < -0.39 is 36.6 Å². The second kappa shape index (κ2) is 6.90. The van der Waals surface area contributed by atoms with Gasteiger partial charge in [-0.25, -0.2) is 4.79 Å². The molecule has 0 bridgehead atoms. The molecule has 1 heterocycles. The molecule has 0 radical (unpaired) electrons. The van der Waals surface area contributed by atoms with Gasteiger partial charge in [0.2, 0.25) is 0 Å². The van der Waals surface area contributed by atoms with Crippen molar-refractivity contribution in [1.82, 2.24) is 10.2 Å². The largest absolute Gasteiger partial charge is 0.456 e. The van der Waals surface area contributed by atoms with E-state index >= 15 is 0 Å². The average molecular weight is 358 g/mol. The number of carbonyl (C=O) groups excluding carboxylic acids is 4. The zero-order valence-corrected chi connectivity index (χ0v) is 15.0. The fraction of sp³-hybridized carbons (Fsp3) is 0.474. The van der Waals surface area contributed by atoms with Crippen molar-refractivity contribution in [2.45, 2.75) is 45.1 Å². The van der Waals surface area contributed by atoms with E-state index in [0.717, 1.165) is 24.2 Å². The number of urea groups is 1. The maximum absolute atomic E-state index is 12.2. The highest BCUT2D eigenvalue weighted by Gasteiger charge is 2.47. The zero-order chi connectivity index (χ0) is 18.9. The van der Waals surface area contributed by atoms with Gasteiger partial charge < -0.3 is 10.1 Å². The topological polar surface area (TPSA) is 92.8 Å². The Hall–Kier alpha value is -2.70. The van der Waals surface area contributed by atoms with Crippen LogP contribution in [0, 0.1) is 0 Å². The van der Waals surface area contributed by atoms with Crippen LogP contribution in [0.1, 0.15) is 48.2 Å². The quantitative estimate of drug-likeness (QED) is 0.474. The molecule has 0 saturated carbocycles. The van der Waals surface area contributed by atoms with Crippen molar-refractivity contribution in [1.29, 1.82) is 0 Å². The number of nitrogens with zero attached hydrogens (tertiary/aromatic N) is 1. The fourth-order valence-corrected chi connectivity index (χ4v) is 3.28. The number of carbonyl (C=O) groups is 4. The number of nitrogens with one attached hydrogen (secondary N) is 1. The Morgan fingerprint density at radius 3 is 2.65 bits per heavy atom. The molecule has 1 unspecified atom stereocenters. The molecule has 1 aliphatic heterocycles. The summed E-state index contributed by atoms with van der Waals surface area (Å²) >= 11 is 0. The molecule has 1 atom stereocenters. The van der Waals surface area contributed by atoms with E-state index in [2.05, 4.69) is 5.32 Å². The summed E-state index contributed by atoms with van der Waals surface area (Å²) < 4.78 is 4.98. The lowest BCUT2D eigenvalue weighted by Crippen LogP contribution is -2.43. The fourth-order valence-electron chi connectivity index (χ4n) is 3.28. The Balaban J connectivity index is 1.55. The summed E-state index contributed by atoms with van der Waals surface area (Å²) in [6.45, 7) is 2.47. The number of rotatable bonds is 6. The number of amides is 3. The van der Waals surface area contributed by atoms with E-state index in [1.807, 2.05) is 12.1 Å². The van der Waals surface area contributed by atoms with Gasteiger partial charge in [0.1, 0.15) is 12.1 Å². The van der Waals surface area contributed by atoms with E-state index in [4.69, 9.17) is 4.74 Å². The van der Waals surface area contributed by atoms with E-state index in [1.54, 1.807) is 19.9 Å². The summed E-state index contributed by atoms with van der Waals surface area (Å²) in [6, 6.07) is 4.91. The second-order valence-corrected chi connectivity index (χ2v) is 6.93. The number of ketones is 1. The number of hydrogen-bond acceptors (Lipinski definition) is 5. The third kappa shape index (κ3) is 3.34. The third-order valence-electron chi connectivity index (χ3n) is 5.12. The van der Waals surface area contributed by atoms with Crippen molar-refractivity contribution >= 4 is 23.7 Å². The Morgan fingerprint density at radius 2 is 1.96 bits per heavy atom. The van der Waals surface area contributed by atoms with Crippen molar-refractivity contribution in [2.24, 2.45) is 0 Å². The molecule has 3 rings (SSSR count). The molecule has 26 heavy (non-hydrogen) atoms. The maximum atomic E-state index is 12.2. The van der Waals surface area contributed by atoms with Crippen molar-refractivity contribution in [3.05, 3.63) is 34.9 Å². The van der Waals surface area contributed by atoms with E-state index in [0.29, 0.717) is 12.0 Å². The van der Waals surface area contributed by atoms with Crippen molar-refractivity contribution in [3.8, 4) is 0 Å². The lowest BCUT2D eigenvalue weighted by atomic mass is 9.99. The van der Waals surface area contributed by atoms with E-state index in [9.17, 15) is 19.2 Å². The van der Waals surface area contributed by atoms with Crippen LogP contribution in [-0.2, 0) is 27.2 Å². The van der Waals surface area contributed by atoms with Crippen LogP contribution in [0.5, 0.6) is 0 Å². The molecule has 0 spiro atoms. The summed E-state index contributed by atoms with van der Waals surface area (Å²) in [5.74, 6) is -1.56. The zero-order valence-electron chi connectivity index (χ0n) is 15.0. The van der Waals surface area contributed by atoms with Crippen LogP contribution in [0.3, 0.4) is 0 Å². The number of imide groups is 1. The van der Waals surface area contributed by atoms with Gasteiger partial charge in [-0.1, -0.05) is 19.1 Å². The summed E-state index contributed by atoms with van der Waals surface area (Å²) in [7, 11) is 0. The Labute approximate surface area is 151 Å². The van der Waals surface area contributed by atoms with Crippen LogP contribution in [0.25, 0.3) is 0 Å². The van der Waals surface area contributed by atoms with Gasteiger partial charge in [-0.2, -0.15) is 0 Å². The molecule has 1 N–H and O–H groups in total. The monoisotopic (exact) mass is 358 g/mol. The summed E-state index contributed by atoms with van der Waals surface area (Å²) in [6.07, 6.45) is 3.49. The van der Waals surface area contributed by atoms with Crippen LogP contribution in [-0.4, -0.2) is 47.3 Å². The first-order chi connectivity index (χ1) is 12.3. The summed E-state index contributed by atoms with van der Waals surface area (Å²) in [4.78, 5) is 49.1. The summed E-state index contributed by atoms with van der Waals surface area (Å²) in [5.41, 5.74) is 1.93. The molecule has 1 aromatic rings. The predicted molar refractivity (Wildman–Crippen MR) is 92.7 cm³/mol. The Morgan fingerprint density at radius 1 is 1.23 bits per heavy atom. The first-order valence-electron chi connectivity index (χ1n) is 8.79. The lowest BCUT2D eigenvalue weighted by molar-refractivity contribution is -0.146. The molecule has 1 saturated heterocycles. The first-order valence-corrected chi connectivity index (χ1v) is 8.79. The number of Topliss-reactive ketones (excluding diaryl/α,β-unsaturated/α-hetero) is 1. The maximum Gasteiger partial charge on any atom is 0.326 e. The molecule has 2 aliphatic rings. The number of fused-ring (bicyclic) bond motifs is 1. The number of hydrogen-bond donors (Lipinski definition) is 1. The molecule has 3 amide bonds. The van der Waals surface area contributed by atoms with Gasteiger partial charge in [0.05, 0.1) is 0 Å². The van der Waals surface area contributed by atoms with Gasteiger partial charge >= 0.3 is 12.0 Å². The van der Waals surface area contributed by atoms with Crippen LogP contribution >= 0.6 is 0 Å². The average Bonchev–Trinajstić information content (AvgIpc) is 3.18. The number of benzene rings is 1. The molecule has 1 fully saturated rings. The Kier molecular flexibility index (Phi) is 4.80. The number of aryl methyl sites for hydroxylation is 2. The van der Waals surface area contributed by atoms with Gasteiger partial charge in [-0.15, -0.1) is 0 Å². The van der Waals surface area contributed by atoms with Gasteiger partial charge in [-0.05, 0) is 49.8 Å². The third-order valence-corrected chi connectivity index (χ3v) is 5.12. The molecule has 0 aromatic heterocycles. The van der Waals surface area contributed by atoms with Gasteiger partial charge in [0.25, 0.3) is 5.91 Å². The highest BCUT2D eigenvalue weighted by Crippen LogP contribution is 2.23. The molecule has 7 nitrogen and oxygen atoms in total. The second-order valence-electron chi connectivity index (χ2n) is 6.93. The minimum absolute atomic E-state index is 0.302. The minimum Gasteiger partial charge on any atom is -0.456 e. The summed E-state index contributed by atoms with van der Waals surface area (Å²) in [5, 5.41) is 2.56. The predicted octanol–water partition coefficient (Wildman–Crippen LogP) is 1.62. The van der Waals surface area contributed by atoms with Crippen LogP contribution in [0.15, 0.2) is 18.2 Å². The first kappa shape index (κ1) is 18.1. The van der Waals surface area contributed by atoms with Crippen molar-refractivity contribution in [2.75, 3.05) is 13.2 Å². The highest BCUT2D eigenvalue weighted by molar-refractivity contribution is 6.08. The lowest BCUT2D eigenvalue weighted by Gasteiger charge is -2.18. The highest BCUT2D eigenvalue weighted by atomic mass is 16.5. The van der Waals surface area contributed by atoms with Crippen molar-refractivity contribution in [3.63, 3.8) is 0 Å². The van der Waals surface area contributed by atoms with Crippen LogP contribution < -0.4 is 5.32 Å². The van der Waals surface area contributed by atoms with E-state index in [1.165, 1.54) is 11.1 Å². The molecule has 7 heteroatoms. The van der Waals surface area contributed by atoms with Gasteiger partial charge in [0, 0.05) is 5.56 Å². The Bertz CT molecular complexity index is 788. The normalized spacial score (nSPS) is 21.5. The molecule has 1 aliphatic carbocycles. The molecular weight excluding hydrogens is 336 g/mol. The smallest absolute Gasteiger partial charge is 0.326 e.